The van der Waals surface area contributed by atoms with E-state index in [0.29, 0.717) is 17.3 Å². The third-order valence-corrected chi connectivity index (χ3v) is 4.34. The molecule has 2 N–H and O–H groups in total. The molecule has 0 aromatic heterocycles. The van der Waals surface area contributed by atoms with E-state index in [1.165, 1.54) is 0 Å². The molecule has 0 aliphatic heterocycles. The topological polar surface area (TPSA) is 67.4 Å². The van der Waals surface area contributed by atoms with E-state index in [1.807, 2.05) is 24.3 Å². The Bertz CT molecular complexity index is 756. The smallest absolute Gasteiger partial charge is 0.257 e. The Balaban J connectivity index is 1.35. The van der Waals surface area contributed by atoms with Gasteiger partial charge in [0.15, 0.2) is 6.61 Å². The van der Waals surface area contributed by atoms with Crippen molar-refractivity contribution >= 4 is 29.1 Å². The second-order valence-corrected chi connectivity index (χ2v) is 6.74. The van der Waals surface area contributed by atoms with Crippen LogP contribution in [-0.4, -0.2) is 25.0 Å². The van der Waals surface area contributed by atoms with Crippen molar-refractivity contribution < 1.29 is 14.3 Å². The van der Waals surface area contributed by atoms with E-state index in [9.17, 15) is 9.59 Å². The van der Waals surface area contributed by atoms with Gasteiger partial charge in [-0.2, -0.15) is 0 Å². The van der Waals surface area contributed by atoms with Crippen LogP contribution in [0.15, 0.2) is 48.5 Å². The molecule has 0 radical (unpaired) electrons. The van der Waals surface area contributed by atoms with Crippen molar-refractivity contribution in [3.63, 3.8) is 0 Å². The summed E-state index contributed by atoms with van der Waals surface area (Å²) < 4.78 is 5.46. The molecule has 0 spiro atoms. The molecule has 0 unspecified atom stereocenters. The maximum absolute atomic E-state index is 11.8. The lowest BCUT2D eigenvalue weighted by molar-refractivity contribution is -0.123. The van der Waals surface area contributed by atoms with Crippen LogP contribution in [0.3, 0.4) is 0 Å². The molecule has 0 heterocycles. The Morgan fingerprint density at radius 2 is 1.73 bits per heavy atom. The number of anilines is 1. The molecule has 1 saturated carbocycles. The molecule has 3 rings (SSSR count). The van der Waals surface area contributed by atoms with Crippen molar-refractivity contribution in [1.29, 1.82) is 0 Å². The molecule has 2 amide bonds. The van der Waals surface area contributed by atoms with E-state index in [2.05, 4.69) is 10.6 Å². The summed E-state index contributed by atoms with van der Waals surface area (Å²) in [5, 5.41) is 6.38. The highest BCUT2D eigenvalue weighted by molar-refractivity contribution is 6.30. The summed E-state index contributed by atoms with van der Waals surface area (Å²) in [5.41, 5.74) is 1.85. The first-order valence-electron chi connectivity index (χ1n) is 8.65. The molecular formula is C20H21ClN2O3. The molecule has 1 fully saturated rings. The summed E-state index contributed by atoms with van der Waals surface area (Å²) in [6, 6.07) is 14.6. The fraction of sp³-hybridized carbons (Fsp3) is 0.300. The number of carbonyl (C=O) groups excluding carboxylic acids is 2. The zero-order chi connectivity index (χ0) is 18.4. The Labute approximate surface area is 157 Å². The van der Waals surface area contributed by atoms with Crippen LogP contribution in [0.5, 0.6) is 5.75 Å². The van der Waals surface area contributed by atoms with Crippen molar-refractivity contribution in [2.75, 3.05) is 18.5 Å². The summed E-state index contributed by atoms with van der Waals surface area (Å²) >= 11 is 5.84. The van der Waals surface area contributed by atoms with Crippen molar-refractivity contribution in [1.82, 2.24) is 5.32 Å². The maximum atomic E-state index is 11.8. The van der Waals surface area contributed by atoms with Crippen LogP contribution < -0.4 is 15.4 Å². The Morgan fingerprint density at radius 1 is 1.04 bits per heavy atom. The summed E-state index contributed by atoms with van der Waals surface area (Å²) in [7, 11) is 0. The number of benzene rings is 2. The molecule has 6 heteroatoms. The lowest BCUT2D eigenvalue weighted by Crippen LogP contribution is -2.30. The van der Waals surface area contributed by atoms with Gasteiger partial charge in [-0.05, 0) is 61.2 Å². The summed E-state index contributed by atoms with van der Waals surface area (Å²) in [6.07, 6.45) is 2.68. The molecule has 5 nitrogen and oxygen atoms in total. The van der Waals surface area contributed by atoms with E-state index in [-0.39, 0.29) is 24.3 Å². The first-order chi connectivity index (χ1) is 12.6. The minimum absolute atomic E-state index is 0.0472. The van der Waals surface area contributed by atoms with Crippen LogP contribution in [-0.2, 0) is 16.0 Å². The maximum Gasteiger partial charge on any atom is 0.257 e. The summed E-state index contributed by atoms with van der Waals surface area (Å²) in [4.78, 5) is 23.5. The molecule has 0 atom stereocenters. The van der Waals surface area contributed by atoms with Gasteiger partial charge in [0, 0.05) is 23.2 Å². The lowest BCUT2D eigenvalue weighted by atomic mass is 10.1. The van der Waals surface area contributed by atoms with Crippen LogP contribution in [0.2, 0.25) is 5.02 Å². The molecule has 136 valence electrons. The van der Waals surface area contributed by atoms with Gasteiger partial charge >= 0.3 is 0 Å². The predicted octanol–water partition coefficient (Wildman–Crippen LogP) is 3.43. The number of halogens is 1. The molecular weight excluding hydrogens is 352 g/mol. The standard InChI is InChI=1S/C20H21ClN2O3/c21-16-5-1-14(2-6-16)11-12-22-19(24)13-26-18-9-7-17(8-10-18)23-20(25)15-3-4-15/h1-2,5-10,15H,3-4,11-13H2,(H,22,24)(H,23,25). The van der Waals surface area contributed by atoms with Crippen LogP contribution in [0.25, 0.3) is 0 Å². The number of carbonyl (C=O) groups is 2. The third kappa shape index (κ3) is 5.77. The fourth-order valence-electron chi connectivity index (χ4n) is 2.42. The molecule has 1 aliphatic carbocycles. The predicted molar refractivity (Wildman–Crippen MR) is 101 cm³/mol. The second-order valence-electron chi connectivity index (χ2n) is 6.30. The highest BCUT2D eigenvalue weighted by atomic mass is 35.5. The van der Waals surface area contributed by atoms with Gasteiger partial charge in [0.1, 0.15) is 5.75 Å². The Kier molecular flexibility index (Phi) is 6.12. The zero-order valence-electron chi connectivity index (χ0n) is 14.3. The molecule has 26 heavy (non-hydrogen) atoms. The number of hydrogen-bond donors (Lipinski definition) is 2. The minimum Gasteiger partial charge on any atom is -0.484 e. The van der Waals surface area contributed by atoms with Crippen LogP contribution in [0.1, 0.15) is 18.4 Å². The van der Waals surface area contributed by atoms with Gasteiger partial charge < -0.3 is 15.4 Å². The van der Waals surface area contributed by atoms with Gasteiger partial charge in [-0.3, -0.25) is 9.59 Å². The van der Waals surface area contributed by atoms with Crippen molar-refractivity contribution in [2.45, 2.75) is 19.3 Å². The van der Waals surface area contributed by atoms with Crippen LogP contribution >= 0.6 is 11.6 Å². The largest absolute Gasteiger partial charge is 0.484 e. The van der Waals surface area contributed by atoms with Gasteiger partial charge in [0.2, 0.25) is 5.91 Å². The minimum atomic E-state index is -0.176. The van der Waals surface area contributed by atoms with E-state index < -0.39 is 0 Å². The molecule has 1 aliphatic rings. The monoisotopic (exact) mass is 372 g/mol. The number of amides is 2. The molecule has 0 bridgehead atoms. The van der Waals surface area contributed by atoms with Gasteiger partial charge in [0.25, 0.3) is 5.91 Å². The lowest BCUT2D eigenvalue weighted by Gasteiger charge is -2.09. The number of ether oxygens (including phenoxy) is 1. The Morgan fingerprint density at radius 3 is 2.38 bits per heavy atom. The number of hydrogen-bond acceptors (Lipinski definition) is 3. The first kappa shape index (κ1) is 18.3. The number of rotatable bonds is 8. The quantitative estimate of drug-likeness (QED) is 0.746. The number of nitrogens with one attached hydrogen (secondary N) is 2. The van der Waals surface area contributed by atoms with E-state index >= 15 is 0 Å². The van der Waals surface area contributed by atoms with E-state index in [0.717, 1.165) is 30.5 Å². The second kappa shape index (κ2) is 8.72. The average molecular weight is 373 g/mol. The van der Waals surface area contributed by atoms with E-state index in [1.54, 1.807) is 24.3 Å². The highest BCUT2D eigenvalue weighted by Gasteiger charge is 2.29. The molecule has 0 saturated heterocycles. The fourth-order valence-corrected chi connectivity index (χ4v) is 2.55. The molecule has 2 aromatic rings. The Hall–Kier alpha value is -2.53. The van der Waals surface area contributed by atoms with Crippen molar-refractivity contribution in [3.8, 4) is 5.75 Å². The third-order valence-electron chi connectivity index (χ3n) is 4.09. The first-order valence-corrected chi connectivity index (χ1v) is 9.03. The molecule has 2 aromatic carbocycles. The van der Waals surface area contributed by atoms with Crippen LogP contribution in [0.4, 0.5) is 5.69 Å². The van der Waals surface area contributed by atoms with Crippen LogP contribution in [0, 0.1) is 5.92 Å². The normalized spacial score (nSPS) is 13.1. The average Bonchev–Trinajstić information content (AvgIpc) is 3.48. The van der Waals surface area contributed by atoms with Gasteiger partial charge in [-0.25, -0.2) is 0 Å². The van der Waals surface area contributed by atoms with Crippen molar-refractivity contribution in [2.24, 2.45) is 5.92 Å². The van der Waals surface area contributed by atoms with Gasteiger partial charge in [-0.1, -0.05) is 23.7 Å². The van der Waals surface area contributed by atoms with Gasteiger partial charge in [-0.15, -0.1) is 0 Å². The van der Waals surface area contributed by atoms with Gasteiger partial charge in [0.05, 0.1) is 0 Å². The highest BCUT2D eigenvalue weighted by Crippen LogP contribution is 2.30. The zero-order valence-corrected chi connectivity index (χ0v) is 15.1. The van der Waals surface area contributed by atoms with E-state index in [4.69, 9.17) is 16.3 Å². The summed E-state index contributed by atoms with van der Waals surface area (Å²) in [5.74, 6) is 0.647. The summed E-state index contributed by atoms with van der Waals surface area (Å²) in [6.45, 7) is 0.490. The SMILES string of the molecule is O=C(COc1ccc(NC(=O)C2CC2)cc1)NCCc1ccc(Cl)cc1. The van der Waals surface area contributed by atoms with Crippen molar-refractivity contribution in [3.05, 3.63) is 59.1 Å².